The first-order chi connectivity index (χ1) is 11.0. The van der Waals surface area contributed by atoms with Gasteiger partial charge >= 0.3 is 24.1 Å². The van der Waals surface area contributed by atoms with E-state index in [0.717, 1.165) is 0 Å². The molecule has 2 fully saturated rings. The highest BCUT2D eigenvalue weighted by atomic mass is 19.4. The van der Waals surface area contributed by atoms with Crippen LogP contribution in [0.3, 0.4) is 0 Å². The fourth-order valence-electron chi connectivity index (χ4n) is 3.98. The highest BCUT2D eigenvalue weighted by Gasteiger charge is 2.79. The van der Waals surface area contributed by atoms with Crippen molar-refractivity contribution in [1.29, 1.82) is 0 Å². The first-order valence-electron chi connectivity index (χ1n) is 8.02. The number of ether oxygens (including phenoxy) is 2. The Morgan fingerprint density at radius 3 is 2.08 bits per heavy atom. The Morgan fingerprint density at radius 1 is 1.04 bits per heavy atom. The summed E-state index contributed by atoms with van der Waals surface area (Å²) in [6, 6.07) is 0. The predicted octanol–water partition coefficient (Wildman–Crippen LogP) is 5.24. The first kappa shape index (κ1) is 19.2. The fraction of sp³-hybridized carbons (Fsp3) is 0.933. The summed E-state index contributed by atoms with van der Waals surface area (Å²) in [5.74, 6) is -2.74. The summed E-state index contributed by atoms with van der Waals surface area (Å²) in [6.45, 7) is 1.46. The number of rotatable bonds is 5. The van der Waals surface area contributed by atoms with Crippen molar-refractivity contribution in [2.75, 3.05) is 6.61 Å². The van der Waals surface area contributed by atoms with E-state index in [9.17, 15) is 31.1 Å². The van der Waals surface area contributed by atoms with Crippen LogP contribution in [0.25, 0.3) is 0 Å². The Morgan fingerprint density at radius 2 is 1.67 bits per heavy atom. The van der Waals surface area contributed by atoms with Crippen molar-refractivity contribution in [3.05, 3.63) is 0 Å². The van der Waals surface area contributed by atoms with E-state index in [1.165, 1.54) is 0 Å². The zero-order valence-electron chi connectivity index (χ0n) is 13.2. The molecule has 0 aromatic carbocycles. The SMILES string of the molecule is CCCCOC(=O)OC(C1CC2CCC1C2)(C(F)(F)F)C(F)(F)F. The van der Waals surface area contributed by atoms with E-state index in [0.29, 0.717) is 25.7 Å². The third-order valence-electron chi connectivity index (χ3n) is 5.06. The minimum atomic E-state index is -5.76. The van der Waals surface area contributed by atoms with Gasteiger partial charge in [0.25, 0.3) is 0 Å². The molecule has 0 radical (unpaired) electrons. The molecule has 24 heavy (non-hydrogen) atoms. The summed E-state index contributed by atoms with van der Waals surface area (Å²) in [4.78, 5) is 11.5. The van der Waals surface area contributed by atoms with E-state index in [1.807, 2.05) is 0 Å². The highest BCUT2D eigenvalue weighted by Crippen LogP contribution is 2.61. The van der Waals surface area contributed by atoms with E-state index in [-0.39, 0.29) is 25.4 Å². The van der Waals surface area contributed by atoms with Crippen molar-refractivity contribution in [1.82, 2.24) is 0 Å². The highest BCUT2D eigenvalue weighted by molar-refractivity contribution is 5.61. The van der Waals surface area contributed by atoms with Gasteiger partial charge in [-0.15, -0.1) is 0 Å². The lowest BCUT2D eigenvalue weighted by Gasteiger charge is -2.43. The molecule has 2 saturated carbocycles. The maximum absolute atomic E-state index is 13.5. The van der Waals surface area contributed by atoms with Crippen molar-refractivity contribution in [2.45, 2.75) is 63.4 Å². The van der Waals surface area contributed by atoms with Gasteiger partial charge in [0.05, 0.1) is 6.61 Å². The molecule has 0 N–H and O–H groups in total. The van der Waals surface area contributed by atoms with Gasteiger partial charge in [-0.1, -0.05) is 19.8 Å². The number of carbonyl (C=O) groups is 1. The topological polar surface area (TPSA) is 35.5 Å². The smallest absolute Gasteiger partial charge is 0.434 e. The molecule has 2 rings (SSSR count). The molecule has 0 aromatic heterocycles. The van der Waals surface area contributed by atoms with Crippen LogP contribution in [0.1, 0.15) is 45.4 Å². The van der Waals surface area contributed by atoms with Gasteiger partial charge < -0.3 is 9.47 Å². The minimum absolute atomic E-state index is 0.177. The number of fused-ring (bicyclic) bond motifs is 2. The summed E-state index contributed by atoms with van der Waals surface area (Å²) in [5, 5.41) is 0. The number of hydrogen-bond donors (Lipinski definition) is 0. The summed E-state index contributed by atoms with van der Waals surface area (Å²) >= 11 is 0. The van der Waals surface area contributed by atoms with E-state index in [4.69, 9.17) is 0 Å². The number of hydrogen-bond acceptors (Lipinski definition) is 3. The van der Waals surface area contributed by atoms with Crippen LogP contribution >= 0.6 is 0 Å². The second kappa shape index (κ2) is 6.63. The monoisotopic (exact) mass is 362 g/mol. The molecular weight excluding hydrogens is 342 g/mol. The molecule has 140 valence electrons. The van der Waals surface area contributed by atoms with Crippen molar-refractivity contribution in [3.8, 4) is 0 Å². The molecular formula is C15H20F6O3. The molecule has 0 aromatic rings. The Balaban J connectivity index is 2.31. The lowest BCUT2D eigenvalue weighted by atomic mass is 9.75. The van der Waals surface area contributed by atoms with Gasteiger partial charge in [0, 0.05) is 5.92 Å². The van der Waals surface area contributed by atoms with E-state index in [1.54, 1.807) is 6.92 Å². The Bertz CT molecular complexity index is 445. The number of unbranched alkanes of at least 4 members (excludes halogenated alkanes) is 1. The van der Waals surface area contributed by atoms with Crippen LogP contribution in [0.2, 0.25) is 0 Å². The van der Waals surface area contributed by atoms with Crippen LogP contribution in [0.15, 0.2) is 0 Å². The van der Waals surface area contributed by atoms with Gasteiger partial charge in [0.2, 0.25) is 0 Å². The van der Waals surface area contributed by atoms with Crippen LogP contribution in [0.4, 0.5) is 31.1 Å². The lowest BCUT2D eigenvalue weighted by Crippen LogP contribution is -2.65. The summed E-state index contributed by atoms with van der Waals surface area (Å²) in [7, 11) is 0. The first-order valence-corrected chi connectivity index (χ1v) is 8.02. The van der Waals surface area contributed by atoms with Gasteiger partial charge in [-0.25, -0.2) is 4.79 Å². The normalized spacial score (nSPS) is 27.4. The van der Waals surface area contributed by atoms with Crippen LogP contribution < -0.4 is 0 Å². The largest absolute Gasteiger partial charge is 0.509 e. The maximum atomic E-state index is 13.5. The van der Waals surface area contributed by atoms with Crippen LogP contribution in [0, 0.1) is 17.8 Å². The Labute approximate surface area is 135 Å². The van der Waals surface area contributed by atoms with Crippen LogP contribution in [-0.2, 0) is 9.47 Å². The third kappa shape index (κ3) is 3.31. The minimum Gasteiger partial charge on any atom is -0.434 e. The zero-order chi connectivity index (χ0) is 18.2. The van der Waals surface area contributed by atoms with Crippen molar-refractivity contribution >= 4 is 6.16 Å². The molecule has 0 heterocycles. The van der Waals surface area contributed by atoms with Gasteiger partial charge in [0.15, 0.2) is 0 Å². The Hall–Kier alpha value is -1.15. The van der Waals surface area contributed by atoms with Crippen molar-refractivity contribution < 1.29 is 40.6 Å². The summed E-state index contributed by atoms with van der Waals surface area (Å²) in [6.07, 6.45) is -11.6. The molecule has 0 spiro atoms. The molecule has 2 aliphatic rings. The Kier molecular flexibility index (Phi) is 5.30. The second-order valence-electron chi connectivity index (χ2n) is 6.57. The van der Waals surface area contributed by atoms with E-state index in [2.05, 4.69) is 9.47 Å². The zero-order valence-corrected chi connectivity index (χ0v) is 13.2. The average molecular weight is 362 g/mol. The van der Waals surface area contributed by atoms with Crippen LogP contribution in [0.5, 0.6) is 0 Å². The van der Waals surface area contributed by atoms with E-state index >= 15 is 0 Å². The van der Waals surface area contributed by atoms with Crippen molar-refractivity contribution in [3.63, 3.8) is 0 Å². The molecule has 9 heteroatoms. The van der Waals surface area contributed by atoms with Gasteiger partial charge in [-0.05, 0) is 37.5 Å². The van der Waals surface area contributed by atoms with Gasteiger partial charge in [0.1, 0.15) is 0 Å². The number of alkyl halides is 6. The average Bonchev–Trinajstić information content (AvgIpc) is 3.04. The summed E-state index contributed by atoms with van der Waals surface area (Å²) < 4.78 is 89.7. The summed E-state index contributed by atoms with van der Waals surface area (Å²) in [5.41, 5.74) is -4.50. The third-order valence-corrected chi connectivity index (χ3v) is 5.06. The fourth-order valence-corrected chi connectivity index (χ4v) is 3.98. The quantitative estimate of drug-likeness (QED) is 0.381. The van der Waals surface area contributed by atoms with Crippen LogP contribution in [-0.4, -0.2) is 30.7 Å². The standard InChI is InChI=1S/C15H20F6O3/c1-2-3-6-23-12(22)24-13(14(16,17)18,15(19,20)21)11-8-9-4-5-10(11)7-9/h9-11H,2-8H2,1H3. The number of carbonyl (C=O) groups excluding carboxylic acids is 1. The predicted molar refractivity (Wildman–Crippen MR) is 71.1 cm³/mol. The second-order valence-corrected chi connectivity index (χ2v) is 6.57. The lowest BCUT2D eigenvalue weighted by molar-refractivity contribution is -0.388. The molecule has 3 nitrogen and oxygen atoms in total. The molecule has 3 unspecified atom stereocenters. The molecule has 2 bridgehead atoms. The number of halogens is 6. The molecule has 0 aliphatic heterocycles. The molecule has 3 atom stereocenters. The van der Waals surface area contributed by atoms with E-state index < -0.39 is 35.9 Å². The maximum Gasteiger partial charge on any atom is 0.509 e. The van der Waals surface area contributed by atoms with Gasteiger partial charge in [-0.2, -0.15) is 26.3 Å². The molecule has 2 aliphatic carbocycles. The molecule has 0 saturated heterocycles. The van der Waals surface area contributed by atoms with Gasteiger partial charge in [-0.3, -0.25) is 0 Å². The molecule has 0 amide bonds. The van der Waals surface area contributed by atoms with Crippen molar-refractivity contribution in [2.24, 2.45) is 17.8 Å².